The van der Waals surface area contributed by atoms with E-state index in [0.717, 1.165) is 22.2 Å². The molecule has 1 unspecified atom stereocenters. The van der Waals surface area contributed by atoms with Gasteiger partial charge in [-0.2, -0.15) is 5.10 Å². The lowest BCUT2D eigenvalue weighted by Crippen LogP contribution is -2.20. The third-order valence-corrected chi connectivity index (χ3v) is 4.53. The maximum absolute atomic E-state index is 12.4. The Morgan fingerprint density at radius 1 is 1.04 bits per heavy atom. The molecule has 0 saturated carbocycles. The van der Waals surface area contributed by atoms with Crippen molar-refractivity contribution < 1.29 is 9.90 Å². The predicted molar refractivity (Wildman–Crippen MR) is 107 cm³/mol. The molecule has 0 spiro atoms. The highest BCUT2D eigenvalue weighted by molar-refractivity contribution is 6.30. The molecule has 3 aromatic carbocycles. The summed E-state index contributed by atoms with van der Waals surface area (Å²) in [6, 6.07) is 21.8. The van der Waals surface area contributed by atoms with Gasteiger partial charge in [-0.15, -0.1) is 0 Å². The molecule has 1 amide bonds. The fourth-order valence-electron chi connectivity index (χ4n) is 2.95. The van der Waals surface area contributed by atoms with Crippen LogP contribution in [0.25, 0.3) is 22.2 Å². The summed E-state index contributed by atoms with van der Waals surface area (Å²) in [7, 11) is 0. The number of benzene rings is 3. The first kappa shape index (κ1) is 17.3. The normalized spacial score (nSPS) is 12.1. The van der Waals surface area contributed by atoms with Gasteiger partial charge in [-0.25, -0.2) is 0 Å². The molecule has 134 valence electrons. The summed E-state index contributed by atoms with van der Waals surface area (Å²) in [5, 5.41) is 21.8. The molecule has 4 rings (SSSR count). The number of fused-ring (bicyclic) bond motifs is 1. The number of H-pyrrole nitrogens is 1. The van der Waals surface area contributed by atoms with Crippen molar-refractivity contribution in [3.8, 4) is 11.3 Å². The van der Waals surface area contributed by atoms with Crippen LogP contribution >= 0.6 is 11.6 Å². The van der Waals surface area contributed by atoms with E-state index in [1.165, 1.54) is 0 Å². The zero-order valence-corrected chi connectivity index (χ0v) is 14.9. The number of nitrogens with one attached hydrogen (secondary N) is 2. The van der Waals surface area contributed by atoms with Crippen LogP contribution in [0.15, 0.2) is 72.8 Å². The van der Waals surface area contributed by atoms with Gasteiger partial charge < -0.3 is 10.4 Å². The lowest BCUT2D eigenvalue weighted by molar-refractivity contribution is -0.124. The summed E-state index contributed by atoms with van der Waals surface area (Å²) in [5.41, 5.74) is 3.66. The number of carbonyl (C=O) groups is 1. The van der Waals surface area contributed by atoms with Crippen LogP contribution in [0.3, 0.4) is 0 Å². The monoisotopic (exact) mass is 377 g/mol. The van der Waals surface area contributed by atoms with Gasteiger partial charge in [0.25, 0.3) is 5.91 Å². The summed E-state index contributed by atoms with van der Waals surface area (Å²) in [5.74, 6) is -0.527. The molecule has 27 heavy (non-hydrogen) atoms. The molecule has 0 bridgehead atoms. The van der Waals surface area contributed by atoms with Crippen molar-refractivity contribution in [2.75, 3.05) is 5.32 Å². The fraction of sp³-hybridized carbons (Fsp3) is 0.0476. The van der Waals surface area contributed by atoms with E-state index >= 15 is 0 Å². The van der Waals surface area contributed by atoms with E-state index in [9.17, 15) is 9.90 Å². The zero-order valence-electron chi connectivity index (χ0n) is 14.2. The molecule has 3 N–H and O–H groups in total. The van der Waals surface area contributed by atoms with E-state index in [0.29, 0.717) is 16.3 Å². The van der Waals surface area contributed by atoms with E-state index in [4.69, 9.17) is 11.6 Å². The van der Waals surface area contributed by atoms with E-state index in [-0.39, 0.29) is 0 Å². The smallest absolute Gasteiger partial charge is 0.257 e. The van der Waals surface area contributed by atoms with E-state index in [1.807, 2.05) is 42.5 Å². The minimum absolute atomic E-state index is 0.439. The maximum Gasteiger partial charge on any atom is 0.257 e. The summed E-state index contributed by atoms with van der Waals surface area (Å²) in [4.78, 5) is 12.4. The number of anilines is 1. The Bertz CT molecular complexity index is 1110. The van der Waals surface area contributed by atoms with Gasteiger partial charge in [-0.3, -0.25) is 9.89 Å². The third-order valence-electron chi connectivity index (χ3n) is 4.29. The molecule has 0 saturated heterocycles. The quantitative estimate of drug-likeness (QED) is 0.488. The van der Waals surface area contributed by atoms with Crippen LogP contribution in [-0.4, -0.2) is 21.2 Å². The lowest BCUT2D eigenvalue weighted by atomic mass is 10.1. The van der Waals surface area contributed by atoms with Gasteiger partial charge >= 0.3 is 0 Å². The Morgan fingerprint density at radius 2 is 1.85 bits per heavy atom. The predicted octanol–water partition coefficient (Wildman–Crippen LogP) is 4.56. The van der Waals surface area contributed by atoms with Crippen LogP contribution in [0.5, 0.6) is 0 Å². The first-order chi connectivity index (χ1) is 13.1. The van der Waals surface area contributed by atoms with Crippen molar-refractivity contribution in [1.82, 2.24) is 10.2 Å². The van der Waals surface area contributed by atoms with Crippen molar-refractivity contribution in [2.24, 2.45) is 0 Å². The maximum atomic E-state index is 12.4. The number of aromatic amines is 1. The standard InChI is InChI=1S/C21H16ClN3O2/c22-15-8-4-7-14(11-15)20(26)21(27)23-16-9-10-18-17(12-16)19(25-24-18)13-5-2-1-3-6-13/h1-12,20,26H,(H,23,27)(H,24,25). The number of hydrogen-bond donors (Lipinski definition) is 3. The number of amides is 1. The number of carbonyl (C=O) groups excluding carboxylic acids is 1. The Hall–Kier alpha value is -3.15. The number of nitrogens with zero attached hydrogens (tertiary/aromatic N) is 1. The molecule has 0 radical (unpaired) electrons. The molecule has 6 heteroatoms. The van der Waals surface area contributed by atoms with Gasteiger partial charge in [0.1, 0.15) is 0 Å². The molecule has 0 aliphatic carbocycles. The molecule has 4 aromatic rings. The Morgan fingerprint density at radius 3 is 2.63 bits per heavy atom. The molecule has 1 heterocycles. The first-order valence-corrected chi connectivity index (χ1v) is 8.77. The molecule has 0 aliphatic heterocycles. The van der Waals surface area contributed by atoms with Crippen LogP contribution < -0.4 is 5.32 Å². The first-order valence-electron chi connectivity index (χ1n) is 8.40. The minimum atomic E-state index is -1.31. The van der Waals surface area contributed by atoms with E-state index in [1.54, 1.807) is 30.3 Å². The van der Waals surface area contributed by atoms with Crippen molar-refractivity contribution >= 4 is 34.1 Å². The van der Waals surface area contributed by atoms with Crippen LogP contribution in [0.2, 0.25) is 5.02 Å². The van der Waals surface area contributed by atoms with Gasteiger partial charge in [0.05, 0.1) is 11.2 Å². The Balaban J connectivity index is 1.61. The Kier molecular flexibility index (Phi) is 4.62. The topological polar surface area (TPSA) is 78.0 Å². The number of aromatic nitrogens is 2. The second-order valence-electron chi connectivity index (χ2n) is 6.15. The highest BCUT2D eigenvalue weighted by Crippen LogP contribution is 2.29. The molecular formula is C21H16ClN3O2. The van der Waals surface area contributed by atoms with Crippen LogP contribution in [-0.2, 0) is 4.79 Å². The zero-order chi connectivity index (χ0) is 18.8. The molecule has 0 aliphatic rings. The highest BCUT2D eigenvalue weighted by Gasteiger charge is 2.18. The molecular weight excluding hydrogens is 362 g/mol. The number of rotatable bonds is 4. The van der Waals surface area contributed by atoms with E-state index in [2.05, 4.69) is 15.5 Å². The van der Waals surface area contributed by atoms with Gasteiger partial charge in [-0.1, -0.05) is 54.1 Å². The number of halogens is 1. The van der Waals surface area contributed by atoms with Gasteiger partial charge in [0.15, 0.2) is 6.10 Å². The lowest BCUT2D eigenvalue weighted by Gasteiger charge is -2.12. The van der Waals surface area contributed by atoms with Crippen LogP contribution in [0.4, 0.5) is 5.69 Å². The van der Waals surface area contributed by atoms with Crippen molar-refractivity contribution in [3.05, 3.63) is 83.4 Å². The number of hydrogen-bond acceptors (Lipinski definition) is 3. The highest BCUT2D eigenvalue weighted by atomic mass is 35.5. The summed E-state index contributed by atoms with van der Waals surface area (Å²) in [6.07, 6.45) is -1.31. The number of aliphatic hydroxyl groups is 1. The van der Waals surface area contributed by atoms with Crippen LogP contribution in [0.1, 0.15) is 11.7 Å². The fourth-order valence-corrected chi connectivity index (χ4v) is 3.15. The average Bonchev–Trinajstić information content (AvgIpc) is 3.11. The summed E-state index contributed by atoms with van der Waals surface area (Å²) < 4.78 is 0. The Labute approximate surface area is 160 Å². The van der Waals surface area contributed by atoms with Crippen molar-refractivity contribution in [2.45, 2.75) is 6.10 Å². The summed E-state index contributed by atoms with van der Waals surface area (Å²) in [6.45, 7) is 0. The van der Waals surface area contributed by atoms with E-state index < -0.39 is 12.0 Å². The van der Waals surface area contributed by atoms with Gasteiger partial charge in [0.2, 0.25) is 0 Å². The molecule has 0 fully saturated rings. The molecule has 1 aromatic heterocycles. The summed E-state index contributed by atoms with van der Waals surface area (Å²) >= 11 is 5.93. The largest absolute Gasteiger partial charge is 0.378 e. The van der Waals surface area contributed by atoms with Gasteiger partial charge in [-0.05, 0) is 35.9 Å². The average molecular weight is 378 g/mol. The van der Waals surface area contributed by atoms with Crippen LogP contribution in [0, 0.1) is 0 Å². The minimum Gasteiger partial charge on any atom is -0.378 e. The second-order valence-corrected chi connectivity index (χ2v) is 6.58. The molecule has 5 nitrogen and oxygen atoms in total. The number of aliphatic hydroxyl groups excluding tert-OH is 1. The van der Waals surface area contributed by atoms with Crippen molar-refractivity contribution in [1.29, 1.82) is 0 Å². The SMILES string of the molecule is O=C(Nc1ccc2[nH]nc(-c3ccccc3)c2c1)C(O)c1cccc(Cl)c1. The van der Waals surface area contributed by atoms with Gasteiger partial charge in [0, 0.05) is 21.7 Å². The second kappa shape index (κ2) is 7.23. The molecule has 1 atom stereocenters. The third kappa shape index (κ3) is 3.56. The van der Waals surface area contributed by atoms with Crippen molar-refractivity contribution in [3.63, 3.8) is 0 Å².